The van der Waals surface area contributed by atoms with E-state index in [1.807, 2.05) is 45.9 Å². The van der Waals surface area contributed by atoms with Crippen LogP contribution in [0.1, 0.15) is 60.1 Å². The Hall–Kier alpha value is -3.09. The summed E-state index contributed by atoms with van der Waals surface area (Å²) in [5.41, 5.74) is 1.52. The van der Waals surface area contributed by atoms with Gasteiger partial charge in [-0.15, -0.1) is 0 Å². The topological polar surface area (TPSA) is 91.7 Å². The predicted molar refractivity (Wildman–Crippen MR) is 122 cm³/mol. The Morgan fingerprint density at radius 1 is 1.03 bits per heavy atom. The number of rotatable bonds is 7. The number of nitrogens with zero attached hydrogens (tertiary/aromatic N) is 1. The highest BCUT2D eigenvalue weighted by Crippen LogP contribution is 2.23. The van der Waals surface area contributed by atoms with Crippen LogP contribution < -0.4 is 10.6 Å². The third kappa shape index (κ3) is 5.78. The molecule has 0 bridgehead atoms. The molecule has 0 aliphatic carbocycles. The molecule has 2 aromatic rings. The fourth-order valence-corrected chi connectivity index (χ4v) is 3.88. The molecule has 32 heavy (non-hydrogen) atoms. The lowest BCUT2D eigenvalue weighted by atomic mass is 9.88. The number of likely N-dealkylation sites (tertiary alicyclic amines) is 1. The molecule has 0 radical (unpaired) electrons. The molecule has 1 aromatic carbocycles. The quantitative estimate of drug-likeness (QED) is 0.692. The maximum absolute atomic E-state index is 13.2. The zero-order valence-electron chi connectivity index (χ0n) is 19.3. The van der Waals surface area contributed by atoms with Crippen LogP contribution in [-0.2, 0) is 4.79 Å². The van der Waals surface area contributed by atoms with Crippen molar-refractivity contribution in [2.45, 2.75) is 52.6 Å². The molecule has 3 amide bonds. The number of nitrogens with one attached hydrogen (secondary N) is 2. The molecular formula is C25H33N3O4. The zero-order valence-corrected chi connectivity index (χ0v) is 19.3. The normalized spacial score (nSPS) is 16.5. The molecule has 1 saturated heterocycles. The first-order chi connectivity index (χ1) is 15.3. The number of amides is 3. The highest BCUT2D eigenvalue weighted by molar-refractivity contribution is 5.98. The van der Waals surface area contributed by atoms with Crippen molar-refractivity contribution >= 4 is 17.7 Å². The smallest absolute Gasteiger partial charge is 0.289 e. The van der Waals surface area contributed by atoms with Gasteiger partial charge in [0.15, 0.2) is 5.76 Å². The summed E-state index contributed by atoms with van der Waals surface area (Å²) in [5, 5.41) is 6.03. The Kier molecular flexibility index (Phi) is 7.72. The second-order valence-electron chi connectivity index (χ2n) is 8.97. The number of hydrogen-bond donors (Lipinski definition) is 2. The monoisotopic (exact) mass is 439 g/mol. The van der Waals surface area contributed by atoms with E-state index in [2.05, 4.69) is 10.6 Å². The van der Waals surface area contributed by atoms with Gasteiger partial charge < -0.3 is 20.0 Å². The highest BCUT2D eigenvalue weighted by atomic mass is 16.3. The maximum atomic E-state index is 13.2. The van der Waals surface area contributed by atoms with Crippen molar-refractivity contribution in [3.05, 3.63) is 59.5 Å². The molecule has 1 aliphatic heterocycles. The van der Waals surface area contributed by atoms with E-state index < -0.39 is 6.04 Å². The Bertz CT molecular complexity index is 930. The molecule has 7 nitrogen and oxygen atoms in total. The second kappa shape index (κ2) is 10.5. The van der Waals surface area contributed by atoms with Gasteiger partial charge in [-0.3, -0.25) is 14.4 Å². The van der Waals surface area contributed by atoms with Gasteiger partial charge in [-0.25, -0.2) is 0 Å². The number of carbonyl (C=O) groups is 3. The van der Waals surface area contributed by atoms with Crippen molar-refractivity contribution < 1.29 is 18.8 Å². The minimum absolute atomic E-state index is 0.0125. The van der Waals surface area contributed by atoms with E-state index in [-0.39, 0.29) is 35.6 Å². The first-order valence-corrected chi connectivity index (χ1v) is 11.3. The van der Waals surface area contributed by atoms with E-state index in [9.17, 15) is 14.4 Å². The maximum Gasteiger partial charge on any atom is 0.289 e. The number of carbonyl (C=O) groups excluding carboxylic acids is 3. The largest absolute Gasteiger partial charge is 0.459 e. The third-order valence-corrected chi connectivity index (χ3v) is 6.25. The molecule has 2 atom stereocenters. The van der Waals surface area contributed by atoms with Crippen molar-refractivity contribution in [1.29, 1.82) is 0 Å². The molecule has 0 unspecified atom stereocenters. The summed E-state index contributed by atoms with van der Waals surface area (Å²) in [6, 6.07) is 9.99. The van der Waals surface area contributed by atoms with Gasteiger partial charge in [-0.05, 0) is 62.8 Å². The summed E-state index contributed by atoms with van der Waals surface area (Å²) in [4.78, 5) is 40.4. The van der Waals surface area contributed by atoms with Crippen molar-refractivity contribution in [1.82, 2.24) is 15.5 Å². The van der Waals surface area contributed by atoms with Crippen molar-refractivity contribution in [2.75, 3.05) is 13.1 Å². The van der Waals surface area contributed by atoms with E-state index in [4.69, 9.17) is 4.42 Å². The van der Waals surface area contributed by atoms with E-state index in [0.717, 1.165) is 5.56 Å². The fraction of sp³-hybridized carbons (Fsp3) is 0.480. The van der Waals surface area contributed by atoms with Gasteiger partial charge in [0.25, 0.3) is 11.8 Å². The van der Waals surface area contributed by atoms with Crippen LogP contribution >= 0.6 is 0 Å². The summed E-state index contributed by atoms with van der Waals surface area (Å²) in [6.07, 6.45) is 2.72. The molecule has 1 aromatic heterocycles. The number of benzene rings is 1. The van der Waals surface area contributed by atoms with Crippen LogP contribution in [0.4, 0.5) is 0 Å². The van der Waals surface area contributed by atoms with Crippen LogP contribution in [-0.4, -0.2) is 47.8 Å². The predicted octanol–water partition coefficient (Wildman–Crippen LogP) is 3.40. The standard InChI is InChI=1S/C25H33N3O4/c1-16(2)18(4)26-24(30)22(27-23(29)20-8-5-7-17(3)15-20)19-10-12-28(13-11-19)25(31)21-9-6-14-32-21/h5-9,14-16,18-19,22H,10-13H2,1-4H3,(H,26,30)(H,27,29)/t18-,22+/m1/s1. The van der Waals surface area contributed by atoms with Gasteiger partial charge in [-0.1, -0.05) is 31.5 Å². The molecule has 1 aliphatic rings. The highest BCUT2D eigenvalue weighted by Gasteiger charge is 2.35. The lowest BCUT2D eigenvalue weighted by molar-refractivity contribution is -0.125. The van der Waals surface area contributed by atoms with E-state index in [1.165, 1.54) is 6.26 Å². The molecule has 3 rings (SSSR count). The van der Waals surface area contributed by atoms with Crippen molar-refractivity contribution in [3.8, 4) is 0 Å². The third-order valence-electron chi connectivity index (χ3n) is 6.25. The van der Waals surface area contributed by atoms with Gasteiger partial charge in [-0.2, -0.15) is 0 Å². The minimum Gasteiger partial charge on any atom is -0.459 e. The first kappa shape index (κ1) is 23.6. The molecule has 172 valence electrons. The van der Waals surface area contributed by atoms with Crippen molar-refractivity contribution in [2.24, 2.45) is 11.8 Å². The summed E-state index contributed by atoms with van der Waals surface area (Å²) in [7, 11) is 0. The van der Waals surface area contributed by atoms with E-state index >= 15 is 0 Å². The average Bonchev–Trinajstić information content (AvgIpc) is 3.31. The Balaban J connectivity index is 1.71. The first-order valence-electron chi connectivity index (χ1n) is 11.3. The summed E-state index contributed by atoms with van der Waals surface area (Å²) < 4.78 is 5.23. The number of furan rings is 1. The molecular weight excluding hydrogens is 406 g/mol. The van der Waals surface area contributed by atoms with Crippen LogP contribution in [0, 0.1) is 18.8 Å². The zero-order chi connectivity index (χ0) is 23.3. The number of aryl methyl sites for hydroxylation is 1. The Morgan fingerprint density at radius 2 is 1.75 bits per heavy atom. The van der Waals surface area contributed by atoms with E-state index in [0.29, 0.717) is 37.3 Å². The lowest BCUT2D eigenvalue weighted by Crippen LogP contribution is -2.55. The van der Waals surface area contributed by atoms with Crippen LogP contribution in [0.5, 0.6) is 0 Å². The van der Waals surface area contributed by atoms with Crippen LogP contribution in [0.3, 0.4) is 0 Å². The summed E-state index contributed by atoms with van der Waals surface area (Å²) in [5.74, 6) is -0.0605. The molecule has 2 N–H and O–H groups in total. The van der Waals surface area contributed by atoms with Crippen LogP contribution in [0.15, 0.2) is 47.1 Å². The SMILES string of the molecule is Cc1cccc(C(=O)N[C@H](C(=O)N[C@H](C)C(C)C)C2CCN(C(=O)c3ccco3)CC2)c1. The van der Waals surface area contributed by atoms with Crippen LogP contribution in [0.2, 0.25) is 0 Å². The van der Waals surface area contributed by atoms with Gasteiger partial charge >= 0.3 is 0 Å². The van der Waals surface area contributed by atoms with Gasteiger partial charge in [0.05, 0.1) is 6.26 Å². The van der Waals surface area contributed by atoms with Gasteiger partial charge in [0, 0.05) is 24.7 Å². The molecule has 2 heterocycles. The average molecular weight is 440 g/mol. The summed E-state index contributed by atoms with van der Waals surface area (Å²) >= 11 is 0. The second-order valence-corrected chi connectivity index (χ2v) is 8.97. The number of piperidine rings is 1. The lowest BCUT2D eigenvalue weighted by Gasteiger charge is -2.36. The Labute approximate surface area is 189 Å². The molecule has 0 spiro atoms. The van der Waals surface area contributed by atoms with Crippen LogP contribution in [0.25, 0.3) is 0 Å². The fourth-order valence-electron chi connectivity index (χ4n) is 3.88. The minimum atomic E-state index is -0.662. The molecule has 7 heteroatoms. The van der Waals surface area contributed by atoms with Gasteiger partial charge in [0.2, 0.25) is 5.91 Å². The molecule has 1 fully saturated rings. The number of hydrogen-bond acceptors (Lipinski definition) is 4. The Morgan fingerprint density at radius 3 is 2.34 bits per heavy atom. The van der Waals surface area contributed by atoms with Crippen molar-refractivity contribution in [3.63, 3.8) is 0 Å². The van der Waals surface area contributed by atoms with E-state index in [1.54, 1.807) is 23.1 Å². The molecule has 0 saturated carbocycles. The van der Waals surface area contributed by atoms with Gasteiger partial charge in [0.1, 0.15) is 6.04 Å². The summed E-state index contributed by atoms with van der Waals surface area (Å²) in [6.45, 7) is 9.00.